The first-order valence-electron chi connectivity index (χ1n) is 5.08. The first-order valence-corrected chi connectivity index (χ1v) is 11.6. The van der Waals surface area contributed by atoms with Gasteiger partial charge >= 0.3 is 0 Å². The molecule has 0 saturated carbocycles. The van der Waals surface area contributed by atoms with Gasteiger partial charge in [0, 0.05) is 15.2 Å². The Labute approximate surface area is 85.0 Å². The van der Waals surface area contributed by atoms with Crippen molar-refractivity contribution in [3.05, 3.63) is 0 Å². The molecule has 0 heterocycles. The predicted octanol–water partition coefficient (Wildman–Crippen LogP) is 2.50. The molecule has 0 saturated heterocycles. The minimum absolute atomic E-state index is 0.855. The number of rotatable bonds is 6. The van der Waals surface area contributed by atoms with Crippen LogP contribution in [0.3, 0.4) is 0 Å². The van der Waals surface area contributed by atoms with Crippen molar-refractivity contribution in [1.82, 2.24) is 0 Å². The Morgan fingerprint density at radius 3 is 1.92 bits per heavy atom. The smallest absolute Gasteiger partial charge is 0.185 e. The lowest BCUT2D eigenvalue weighted by Gasteiger charge is -2.27. The molecule has 13 heavy (non-hydrogen) atoms. The van der Waals surface area contributed by atoms with E-state index in [4.69, 9.17) is 10.2 Å². The first kappa shape index (κ1) is 13.4. The van der Waals surface area contributed by atoms with Gasteiger partial charge in [-0.25, -0.2) is 0 Å². The van der Waals surface area contributed by atoms with E-state index in [0.29, 0.717) is 0 Å². The fourth-order valence-corrected chi connectivity index (χ4v) is 7.61. The van der Waals surface area contributed by atoms with Crippen molar-refractivity contribution in [2.75, 3.05) is 13.7 Å². The molecule has 2 N–H and O–H groups in total. The van der Waals surface area contributed by atoms with Crippen LogP contribution < -0.4 is 5.73 Å². The van der Waals surface area contributed by atoms with Crippen molar-refractivity contribution in [2.24, 2.45) is 5.73 Å². The molecule has 0 aliphatic carbocycles. The largest absolute Gasteiger partial charge is 0.420 e. The van der Waals surface area contributed by atoms with Crippen LogP contribution in [0.25, 0.3) is 0 Å². The van der Waals surface area contributed by atoms with E-state index >= 15 is 0 Å². The van der Waals surface area contributed by atoms with Crippen molar-refractivity contribution in [3.8, 4) is 0 Å². The van der Waals surface area contributed by atoms with E-state index in [-0.39, 0.29) is 0 Å². The Kier molecular flexibility index (Phi) is 5.43. The summed E-state index contributed by atoms with van der Waals surface area (Å²) in [6, 6.07) is 3.92. The average molecular weight is 219 g/mol. The maximum absolute atomic E-state index is 5.60. The molecule has 0 radical (unpaired) electrons. The van der Waals surface area contributed by atoms with E-state index in [1.54, 1.807) is 0 Å². The van der Waals surface area contributed by atoms with Crippen molar-refractivity contribution in [2.45, 2.75) is 44.3 Å². The van der Waals surface area contributed by atoms with Crippen LogP contribution in [0.2, 0.25) is 44.3 Å². The highest BCUT2D eigenvalue weighted by atomic mass is 28.4. The van der Waals surface area contributed by atoms with Crippen LogP contribution in [-0.2, 0) is 4.43 Å². The molecule has 0 aromatic carbocycles. The van der Waals surface area contributed by atoms with Crippen LogP contribution in [0.1, 0.15) is 0 Å². The second-order valence-electron chi connectivity index (χ2n) is 5.17. The molecular weight excluding hydrogens is 194 g/mol. The van der Waals surface area contributed by atoms with Crippen molar-refractivity contribution < 1.29 is 4.43 Å². The topological polar surface area (TPSA) is 35.2 Å². The standard InChI is InChI=1S/C9H25NOSi2/c1-11-13(4,5)9-8-12(2,3)7-6-10/h6-10H2,1-5H3. The Bertz CT molecular complexity index is 149. The SMILES string of the molecule is CO[Si](C)(C)CC[Si](C)(C)CCN. The summed E-state index contributed by atoms with van der Waals surface area (Å²) in [5.74, 6) is 0. The maximum Gasteiger partial charge on any atom is 0.185 e. The molecule has 2 nitrogen and oxygen atoms in total. The molecule has 0 atom stereocenters. The van der Waals surface area contributed by atoms with Gasteiger partial charge in [-0.1, -0.05) is 19.1 Å². The van der Waals surface area contributed by atoms with Crippen LogP contribution >= 0.6 is 0 Å². The molecule has 0 rings (SSSR count). The molecule has 0 aliphatic rings. The Hall–Kier alpha value is 0.354. The predicted molar refractivity (Wildman–Crippen MR) is 65.4 cm³/mol. The summed E-state index contributed by atoms with van der Waals surface area (Å²) < 4.78 is 5.54. The summed E-state index contributed by atoms with van der Waals surface area (Å²) in [5, 5.41) is 0. The lowest BCUT2D eigenvalue weighted by molar-refractivity contribution is 0.405. The van der Waals surface area contributed by atoms with Crippen LogP contribution in [0.15, 0.2) is 0 Å². The summed E-state index contributed by atoms with van der Waals surface area (Å²) >= 11 is 0. The molecule has 0 amide bonds. The summed E-state index contributed by atoms with van der Waals surface area (Å²) in [6.45, 7) is 10.3. The van der Waals surface area contributed by atoms with E-state index in [1.807, 2.05) is 7.11 Å². The monoisotopic (exact) mass is 219 g/mol. The highest BCUT2D eigenvalue weighted by molar-refractivity contribution is 6.80. The van der Waals surface area contributed by atoms with Gasteiger partial charge < -0.3 is 10.2 Å². The van der Waals surface area contributed by atoms with E-state index in [9.17, 15) is 0 Å². The van der Waals surface area contributed by atoms with E-state index in [1.165, 1.54) is 18.1 Å². The van der Waals surface area contributed by atoms with Gasteiger partial charge in [-0.2, -0.15) is 0 Å². The number of nitrogens with two attached hydrogens (primary N) is 1. The summed E-state index contributed by atoms with van der Waals surface area (Å²) in [4.78, 5) is 0. The van der Waals surface area contributed by atoms with Crippen molar-refractivity contribution >= 4 is 16.4 Å². The normalized spacial score (nSPS) is 13.4. The van der Waals surface area contributed by atoms with E-state index in [0.717, 1.165) is 6.54 Å². The van der Waals surface area contributed by atoms with E-state index < -0.39 is 16.4 Å². The van der Waals surface area contributed by atoms with Gasteiger partial charge in [-0.15, -0.1) is 0 Å². The molecule has 0 aromatic heterocycles. The number of hydrogen-bond donors (Lipinski definition) is 1. The van der Waals surface area contributed by atoms with Gasteiger partial charge in [0.05, 0.1) is 0 Å². The molecular formula is C9H25NOSi2. The van der Waals surface area contributed by atoms with Gasteiger partial charge in [0.2, 0.25) is 0 Å². The third-order valence-corrected chi connectivity index (χ3v) is 9.08. The highest BCUT2D eigenvalue weighted by Crippen LogP contribution is 2.22. The zero-order valence-electron chi connectivity index (χ0n) is 9.81. The second-order valence-corrected chi connectivity index (χ2v) is 14.9. The lowest BCUT2D eigenvalue weighted by atomic mass is 10.8. The summed E-state index contributed by atoms with van der Waals surface area (Å²) in [7, 11) is -0.471. The first-order chi connectivity index (χ1) is 5.83. The maximum atomic E-state index is 5.60. The Balaban J connectivity index is 3.86. The molecule has 0 unspecified atom stereocenters. The average Bonchev–Trinajstić information content (AvgIpc) is 2.02. The van der Waals surface area contributed by atoms with Gasteiger partial charge in [0.15, 0.2) is 8.32 Å². The van der Waals surface area contributed by atoms with Crippen LogP contribution in [-0.4, -0.2) is 30.0 Å². The molecule has 0 bridgehead atoms. The molecule has 0 aliphatic heterocycles. The highest BCUT2D eigenvalue weighted by Gasteiger charge is 2.26. The van der Waals surface area contributed by atoms with Gasteiger partial charge in [0.1, 0.15) is 0 Å². The van der Waals surface area contributed by atoms with Gasteiger partial charge in [-0.05, 0) is 31.7 Å². The third-order valence-electron chi connectivity index (χ3n) is 2.78. The Morgan fingerprint density at radius 1 is 1.00 bits per heavy atom. The Morgan fingerprint density at radius 2 is 1.54 bits per heavy atom. The fraction of sp³-hybridized carbons (Fsp3) is 1.00. The fourth-order valence-electron chi connectivity index (χ4n) is 1.26. The zero-order chi connectivity index (χ0) is 10.5. The van der Waals surface area contributed by atoms with Gasteiger partial charge in [-0.3, -0.25) is 0 Å². The van der Waals surface area contributed by atoms with Crippen molar-refractivity contribution in [1.29, 1.82) is 0 Å². The minimum atomic E-state index is -1.32. The zero-order valence-corrected chi connectivity index (χ0v) is 11.8. The van der Waals surface area contributed by atoms with Gasteiger partial charge in [0.25, 0.3) is 0 Å². The lowest BCUT2D eigenvalue weighted by Crippen LogP contribution is -2.35. The third kappa shape index (κ3) is 6.43. The second kappa shape index (κ2) is 5.29. The molecule has 4 heteroatoms. The summed E-state index contributed by atoms with van der Waals surface area (Å²) in [6.07, 6.45) is 0. The van der Waals surface area contributed by atoms with Crippen LogP contribution in [0, 0.1) is 0 Å². The quantitative estimate of drug-likeness (QED) is 0.697. The minimum Gasteiger partial charge on any atom is -0.420 e. The molecule has 0 fully saturated rings. The van der Waals surface area contributed by atoms with Crippen LogP contribution in [0.5, 0.6) is 0 Å². The molecule has 0 spiro atoms. The molecule has 80 valence electrons. The van der Waals surface area contributed by atoms with Crippen molar-refractivity contribution in [3.63, 3.8) is 0 Å². The summed E-state index contributed by atoms with van der Waals surface area (Å²) in [5.41, 5.74) is 5.60. The van der Waals surface area contributed by atoms with E-state index in [2.05, 4.69) is 26.2 Å². The van der Waals surface area contributed by atoms with Crippen LogP contribution in [0.4, 0.5) is 0 Å². The number of hydrogen-bond acceptors (Lipinski definition) is 2. The molecule has 0 aromatic rings.